The summed E-state index contributed by atoms with van der Waals surface area (Å²) in [6.07, 6.45) is -0.997. The lowest BCUT2D eigenvalue weighted by Crippen LogP contribution is -2.30. The molecule has 2 rings (SSSR count). The number of para-hydroxylation sites is 1. The van der Waals surface area contributed by atoms with Crippen molar-refractivity contribution in [2.24, 2.45) is 0 Å². The number of aryl methyl sites for hydroxylation is 1. The minimum Gasteiger partial charge on any atom is -0.449 e. The van der Waals surface area contributed by atoms with Crippen LogP contribution in [0.25, 0.3) is 0 Å². The summed E-state index contributed by atoms with van der Waals surface area (Å²) in [7, 11) is 0. The SMILES string of the molecule is Cc1noc(C(C)C)c1C(=O)O[C@H](C)C(=O)Nc1ccccc1Cl. The highest BCUT2D eigenvalue weighted by Gasteiger charge is 2.27. The normalized spacial score (nSPS) is 12.1. The fraction of sp³-hybridized carbons (Fsp3) is 0.353. The zero-order valence-corrected chi connectivity index (χ0v) is 14.7. The molecule has 1 aromatic heterocycles. The lowest BCUT2D eigenvalue weighted by molar-refractivity contribution is -0.123. The first-order valence-electron chi connectivity index (χ1n) is 7.53. The average Bonchev–Trinajstić information content (AvgIpc) is 2.91. The van der Waals surface area contributed by atoms with Gasteiger partial charge in [-0.2, -0.15) is 0 Å². The number of carbonyl (C=O) groups excluding carboxylic acids is 2. The van der Waals surface area contributed by atoms with Gasteiger partial charge in [-0.1, -0.05) is 42.7 Å². The van der Waals surface area contributed by atoms with E-state index in [1.807, 2.05) is 13.8 Å². The maximum absolute atomic E-state index is 12.4. The van der Waals surface area contributed by atoms with Gasteiger partial charge in [0.15, 0.2) is 11.9 Å². The molecule has 1 heterocycles. The molecule has 6 nitrogen and oxygen atoms in total. The molecule has 1 atom stereocenters. The van der Waals surface area contributed by atoms with E-state index in [1.54, 1.807) is 31.2 Å². The van der Waals surface area contributed by atoms with Gasteiger partial charge in [0.2, 0.25) is 0 Å². The van der Waals surface area contributed by atoms with E-state index in [0.29, 0.717) is 22.2 Å². The number of nitrogens with one attached hydrogen (secondary N) is 1. The average molecular weight is 351 g/mol. The summed E-state index contributed by atoms with van der Waals surface area (Å²) >= 11 is 5.99. The lowest BCUT2D eigenvalue weighted by Gasteiger charge is -2.14. The van der Waals surface area contributed by atoms with Crippen molar-refractivity contribution in [3.8, 4) is 0 Å². The Hall–Kier alpha value is -2.34. The second kappa shape index (κ2) is 7.49. The number of carbonyl (C=O) groups is 2. The van der Waals surface area contributed by atoms with Crippen LogP contribution in [0.1, 0.15) is 48.5 Å². The van der Waals surface area contributed by atoms with E-state index in [2.05, 4.69) is 10.5 Å². The first kappa shape index (κ1) is 18.0. The lowest BCUT2D eigenvalue weighted by atomic mass is 10.1. The minimum atomic E-state index is -0.997. The van der Waals surface area contributed by atoms with Gasteiger partial charge >= 0.3 is 5.97 Å². The van der Waals surface area contributed by atoms with E-state index in [0.717, 1.165) is 0 Å². The molecule has 1 aromatic carbocycles. The van der Waals surface area contributed by atoms with E-state index in [9.17, 15) is 9.59 Å². The van der Waals surface area contributed by atoms with Gasteiger partial charge in [-0.25, -0.2) is 4.79 Å². The van der Waals surface area contributed by atoms with Crippen molar-refractivity contribution >= 4 is 29.2 Å². The van der Waals surface area contributed by atoms with Crippen LogP contribution in [0.5, 0.6) is 0 Å². The molecule has 0 unspecified atom stereocenters. The number of hydrogen-bond acceptors (Lipinski definition) is 5. The number of amides is 1. The van der Waals surface area contributed by atoms with Crippen molar-refractivity contribution < 1.29 is 18.8 Å². The third-order valence-corrected chi connectivity index (χ3v) is 3.73. The van der Waals surface area contributed by atoms with E-state index < -0.39 is 18.0 Å². The number of esters is 1. The Morgan fingerprint density at radius 2 is 1.92 bits per heavy atom. The number of halogens is 1. The van der Waals surface area contributed by atoms with Crippen molar-refractivity contribution in [2.45, 2.75) is 39.7 Å². The quantitative estimate of drug-likeness (QED) is 0.826. The maximum Gasteiger partial charge on any atom is 0.344 e. The Morgan fingerprint density at radius 3 is 2.54 bits per heavy atom. The Morgan fingerprint density at radius 1 is 1.25 bits per heavy atom. The molecule has 0 aliphatic heterocycles. The smallest absolute Gasteiger partial charge is 0.344 e. The van der Waals surface area contributed by atoms with E-state index in [-0.39, 0.29) is 11.5 Å². The maximum atomic E-state index is 12.4. The second-order valence-corrected chi connectivity index (χ2v) is 6.09. The topological polar surface area (TPSA) is 81.4 Å². The van der Waals surface area contributed by atoms with Gasteiger partial charge in [0.1, 0.15) is 5.56 Å². The molecule has 0 aliphatic carbocycles. The number of benzene rings is 1. The zero-order valence-electron chi connectivity index (χ0n) is 13.9. The Kier molecular flexibility index (Phi) is 5.62. The first-order chi connectivity index (χ1) is 11.3. The van der Waals surface area contributed by atoms with Gasteiger partial charge in [0.05, 0.1) is 16.4 Å². The monoisotopic (exact) mass is 350 g/mol. The van der Waals surface area contributed by atoms with E-state index in [1.165, 1.54) is 6.92 Å². The fourth-order valence-corrected chi connectivity index (χ4v) is 2.28. The van der Waals surface area contributed by atoms with Crippen LogP contribution >= 0.6 is 11.6 Å². The molecule has 0 bridgehead atoms. The van der Waals surface area contributed by atoms with Crippen molar-refractivity contribution in [1.82, 2.24) is 5.16 Å². The summed E-state index contributed by atoms with van der Waals surface area (Å²) < 4.78 is 10.4. The molecule has 0 saturated carbocycles. The predicted molar refractivity (Wildman–Crippen MR) is 90.3 cm³/mol. The molecule has 7 heteroatoms. The number of rotatable bonds is 5. The number of nitrogens with zero attached hydrogens (tertiary/aromatic N) is 1. The summed E-state index contributed by atoms with van der Waals surface area (Å²) in [4.78, 5) is 24.5. The van der Waals surface area contributed by atoms with E-state index in [4.69, 9.17) is 20.9 Å². The number of hydrogen-bond donors (Lipinski definition) is 1. The van der Waals surface area contributed by atoms with E-state index >= 15 is 0 Å². The first-order valence-corrected chi connectivity index (χ1v) is 7.91. The largest absolute Gasteiger partial charge is 0.449 e. The van der Waals surface area contributed by atoms with Crippen molar-refractivity contribution in [3.05, 3.63) is 46.3 Å². The highest BCUT2D eigenvalue weighted by atomic mass is 35.5. The molecule has 0 fully saturated rings. The van der Waals surface area contributed by atoms with Gasteiger partial charge in [0.25, 0.3) is 5.91 Å². The highest BCUT2D eigenvalue weighted by molar-refractivity contribution is 6.33. The fourth-order valence-electron chi connectivity index (χ4n) is 2.10. The van der Waals surface area contributed by atoms with Gasteiger partial charge in [0, 0.05) is 5.92 Å². The number of aromatic nitrogens is 1. The molecule has 128 valence electrons. The Bertz CT molecular complexity index is 755. The summed E-state index contributed by atoms with van der Waals surface area (Å²) in [5.41, 5.74) is 1.15. The van der Waals surface area contributed by atoms with Crippen LogP contribution in [0.2, 0.25) is 5.02 Å². The molecule has 0 aliphatic rings. The van der Waals surface area contributed by atoms with Crippen LogP contribution in [0.15, 0.2) is 28.8 Å². The summed E-state index contributed by atoms with van der Waals surface area (Å²) in [5.74, 6) is -0.701. The molecular weight excluding hydrogens is 332 g/mol. The molecule has 0 saturated heterocycles. The van der Waals surface area contributed by atoms with Gasteiger partial charge < -0.3 is 14.6 Å². The third-order valence-electron chi connectivity index (χ3n) is 3.40. The molecule has 2 aromatic rings. The highest BCUT2D eigenvalue weighted by Crippen LogP contribution is 2.24. The number of anilines is 1. The standard InChI is InChI=1S/C17H19ClN2O4/c1-9(2)15-14(10(3)20-24-15)17(22)23-11(4)16(21)19-13-8-6-5-7-12(13)18/h5-9,11H,1-4H3,(H,19,21)/t11-/m1/s1. The zero-order chi connectivity index (χ0) is 17.9. The number of ether oxygens (including phenoxy) is 1. The van der Waals surface area contributed by atoms with Crippen molar-refractivity contribution in [2.75, 3.05) is 5.32 Å². The Labute approximate surface area is 145 Å². The molecule has 24 heavy (non-hydrogen) atoms. The summed E-state index contributed by atoms with van der Waals surface area (Å²) in [6.45, 7) is 6.90. The van der Waals surface area contributed by atoms with Crippen LogP contribution in [0, 0.1) is 6.92 Å². The molecule has 0 radical (unpaired) electrons. The molecule has 1 N–H and O–H groups in total. The van der Waals surface area contributed by atoms with Crippen LogP contribution in [0.4, 0.5) is 5.69 Å². The Balaban J connectivity index is 2.08. The second-order valence-electron chi connectivity index (χ2n) is 5.68. The van der Waals surface area contributed by atoms with Crippen molar-refractivity contribution in [3.63, 3.8) is 0 Å². The van der Waals surface area contributed by atoms with Gasteiger partial charge in [-0.05, 0) is 26.0 Å². The van der Waals surface area contributed by atoms with Crippen LogP contribution in [0.3, 0.4) is 0 Å². The third kappa shape index (κ3) is 3.94. The molecular formula is C17H19ClN2O4. The minimum absolute atomic E-state index is 0.0268. The molecule has 1 amide bonds. The van der Waals surface area contributed by atoms with Gasteiger partial charge in [-0.3, -0.25) is 4.79 Å². The van der Waals surface area contributed by atoms with Gasteiger partial charge in [-0.15, -0.1) is 0 Å². The van der Waals surface area contributed by atoms with Crippen LogP contribution in [-0.4, -0.2) is 23.1 Å². The van der Waals surface area contributed by atoms with Crippen molar-refractivity contribution in [1.29, 1.82) is 0 Å². The summed E-state index contributed by atoms with van der Waals surface area (Å²) in [6, 6.07) is 6.82. The summed E-state index contributed by atoms with van der Waals surface area (Å²) in [5, 5.41) is 6.83. The molecule has 0 spiro atoms. The van der Waals surface area contributed by atoms with Crippen LogP contribution in [-0.2, 0) is 9.53 Å². The van der Waals surface area contributed by atoms with Crippen LogP contribution < -0.4 is 5.32 Å². The predicted octanol–water partition coefficient (Wildman–Crippen LogP) is 3.94.